The van der Waals surface area contributed by atoms with Crippen LogP contribution >= 0.6 is 0 Å². The average Bonchev–Trinajstić information content (AvgIpc) is 2.65. The molecule has 0 aliphatic rings. The van der Waals surface area contributed by atoms with Gasteiger partial charge in [-0.15, -0.1) is 0 Å². The van der Waals surface area contributed by atoms with Gasteiger partial charge in [-0.25, -0.2) is 18.4 Å². The number of primary sulfonamides is 1. The predicted molar refractivity (Wildman–Crippen MR) is 96.3 cm³/mol. The monoisotopic (exact) mass is 394 g/mol. The Balaban J connectivity index is 1.94. The molecule has 0 unspecified atom stereocenters. The minimum Gasteiger partial charge on any atom is -0.493 e. The van der Waals surface area contributed by atoms with Crippen molar-refractivity contribution in [3.05, 3.63) is 48.0 Å². The van der Waals surface area contributed by atoms with E-state index in [9.17, 15) is 18.0 Å². The number of hydrogen-bond donors (Lipinski definition) is 2. The second-order valence-corrected chi connectivity index (χ2v) is 6.82. The molecule has 0 aliphatic heterocycles. The molecular formula is C17H18N2O7S. The molecule has 0 aliphatic carbocycles. The zero-order valence-corrected chi connectivity index (χ0v) is 15.4. The number of carbonyl (C=O) groups excluding carboxylic acids is 2. The highest BCUT2D eigenvalue weighted by molar-refractivity contribution is 7.89. The minimum absolute atomic E-state index is 0.0830. The smallest absolute Gasteiger partial charge is 0.338 e. The molecule has 27 heavy (non-hydrogen) atoms. The lowest BCUT2D eigenvalue weighted by Crippen LogP contribution is -2.21. The van der Waals surface area contributed by atoms with Crippen LogP contribution in [0, 0.1) is 0 Å². The Hall–Kier alpha value is -3.11. The van der Waals surface area contributed by atoms with Gasteiger partial charge in [-0.1, -0.05) is 0 Å². The van der Waals surface area contributed by atoms with Crippen LogP contribution in [-0.4, -0.2) is 41.1 Å². The van der Waals surface area contributed by atoms with Gasteiger partial charge in [0.25, 0.3) is 5.91 Å². The van der Waals surface area contributed by atoms with Crippen molar-refractivity contribution in [3.8, 4) is 11.5 Å². The van der Waals surface area contributed by atoms with Gasteiger partial charge in [-0.3, -0.25) is 4.79 Å². The van der Waals surface area contributed by atoms with Crippen LogP contribution in [0.5, 0.6) is 11.5 Å². The number of nitrogens with one attached hydrogen (secondary N) is 1. The normalized spacial score (nSPS) is 10.8. The summed E-state index contributed by atoms with van der Waals surface area (Å²) < 4.78 is 37.5. The quantitative estimate of drug-likeness (QED) is 0.673. The van der Waals surface area contributed by atoms with Gasteiger partial charge < -0.3 is 19.5 Å². The van der Waals surface area contributed by atoms with Gasteiger partial charge in [0, 0.05) is 5.69 Å². The third-order valence-corrected chi connectivity index (χ3v) is 4.35. The molecule has 144 valence electrons. The maximum absolute atomic E-state index is 12.0. The van der Waals surface area contributed by atoms with Gasteiger partial charge in [0.1, 0.15) is 0 Å². The number of sulfonamides is 1. The number of anilines is 1. The summed E-state index contributed by atoms with van der Waals surface area (Å²) in [6.45, 7) is -0.524. The first kappa shape index (κ1) is 20.2. The van der Waals surface area contributed by atoms with Crippen molar-refractivity contribution in [2.75, 3.05) is 26.1 Å². The van der Waals surface area contributed by atoms with Crippen molar-refractivity contribution in [1.82, 2.24) is 0 Å². The Bertz CT molecular complexity index is 940. The molecule has 3 N–H and O–H groups in total. The van der Waals surface area contributed by atoms with Gasteiger partial charge in [-0.2, -0.15) is 0 Å². The van der Waals surface area contributed by atoms with E-state index < -0.39 is 28.5 Å². The first-order valence-electron chi connectivity index (χ1n) is 7.56. The van der Waals surface area contributed by atoms with E-state index in [-0.39, 0.29) is 10.5 Å². The maximum atomic E-state index is 12.0. The number of esters is 1. The van der Waals surface area contributed by atoms with E-state index in [1.165, 1.54) is 50.6 Å². The number of nitrogens with two attached hydrogens (primary N) is 1. The average molecular weight is 394 g/mol. The molecule has 2 aromatic rings. The van der Waals surface area contributed by atoms with Crippen molar-refractivity contribution in [3.63, 3.8) is 0 Å². The van der Waals surface area contributed by atoms with E-state index in [0.717, 1.165) is 0 Å². The summed E-state index contributed by atoms with van der Waals surface area (Å²) in [6.07, 6.45) is 0. The van der Waals surface area contributed by atoms with E-state index in [4.69, 9.17) is 19.3 Å². The van der Waals surface area contributed by atoms with Crippen molar-refractivity contribution in [2.24, 2.45) is 5.14 Å². The fourth-order valence-electron chi connectivity index (χ4n) is 2.10. The molecule has 0 heterocycles. The molecule has 0 saturated heterocycles. The first-order chi connectivity index (χ1) is 12.7. The minimum atomic E-state index is -3.81. The molecule has 0 bridgehead atoms. The Morgan fingerprint density at radius 3 is 2.19 bits per heavy atom. The summed E-state index contributed by atoms with van der Waals surface area (Å²) >= 11 is 0. The number of hydrogen-bond acceptors (Lipinski definition) is 7. The fraction of sp³-hybridized carbons (Fsp3) is 0.176. The summed E-state index contributed by atoms with van der Waals surface area (Å²) in [7, 11) is -0.912. The van der Waals surface area contributed by atoms with Crippen LogP contribution < -0.4 is 19.9 Å². The van der Waals surface area contributed by atoms with Crippen LogP contribution in [0.4, 0.5) is 5.69 Å². The zero-order chi connectivity index (χ0) is 20.0. The Labute approximate surface area is 156 Å². The van der Waals surface area contributed by atoms with E-state index in [1.807, 2.05) is 0 Å². The summed E-state index contributed by atoms with van der Waals surface area (Å²) in [5.74, 6) is -0.496. The van der Waals surface area contributed by atoms with Crippen LogP contribution in [0.15, 0.2) is 47.4 Å². The van der Waals surface area contributed by atoms with E-state index >= 15 is 0 Å². The number of methoxy groups -OCH3 is 2. The molecule has 9 nitrogen and oxygen atoms in total. The zero-order valence-electron chi connectivity index (χ0n) is 14.6. The lowest BCUT2D eigenvalue weighted by molar-refractivity contribution is -0.119. The highest BCUT2D eigenvalue weighted by atomic mass is 32.2. The van der Waals surface area contributed by atoms with Crippen molar-refractivity contribution in [2.45, 2.75) is 4.90 Å². The molecule has 0 fully saturated rings. The van der Waals surface area contributed by atoms with Crippen molar-refractivity contribution >= 4 is 27.6 Å². The van der Waals surface area contributed by atoms with Crippen LogP contribution in [0.2, 0.25) is 0 Å². The Morgan fingerprint density at radius 1 is 1.00 bits per heavy atom. The van der Waals surface area contributed by atoms with E-state index in [0.29, 0.717) is 17.2 Å². The lowest BCUT2D eigenvalue weighted by atomic mass is 10.2. The van der Waals surface area contributed by atoms with Gasteiger partial charge in [0.05, 0.1) is 24.7 Å². The summed E-state index contributed by atoms with van der Waals surface area (Å²) in [5.41, 5.74) is 0.521. The van der Waals surface area contributed by atoms with E-state index in [1.54, 1.807) is 6.07 Å². The van der Waals surface area contributed by atoms with Crippen LogP contribution in [0.25, 0.3) is 0 Å². The Kier molecular flexibility index (Phi) is 6.37. The molecule has 0 saturated carbocycles. The van der Waals surface area contributed by atoms with Crippen molar-refractivity contribution < 1.29 is 32.2 Å². The summed E-state index contributed by atoms with van der Waals surface area (Å²) in [4.78, 5) is 23.8. The molecule has 1 amide bonds. The van der Waals surface area contributed by atoms with Gasteiger partial charge in [0.2, 0.25) is 10.0 Å². The second-order valence-electron chi connectivity index (χ2n) is 5.26. The molecule has 2 rings (SSSR count). The van der Waals surface area contributed by atoms with E-state index in [2.05, 4.69) is 5.32 Å². The molecular weight excluding hydrogens is 376 g/mol. The summed E-state index contributed by atoms with van der Waals surface area (Å²) in [6, 6.07) is 9.70. The molecule has 0 radical (unpaired) electrons. The number of amides is 1. The van der Waals surface area contributed by atoms with Crippen LogP contribution in [0.3, 0.4) is 0 Å². The molecule has 10 heteroatoms. The SMILES string of the molecule is COc1ccc(C(=O)OCC(=O)Nc2ccc(S(N)(=O)=O)cc2)cc1OC. The number of ether oxygens (including phenoxy) is 3. The fourth-order valence-corrected chi connectivity index (χ4v) is 2.62. The molecule has 2 aromatic carbocycles. The molecule has 0 atom stereocenters. The standard InChI is InChI=1S/C17H18N2O7S/c1-24-14-8-3-11(9-15(14)25-2)17(21)26-10-16(20)19-12-4-6-13(7-5-12)27(18,22)23/h3-9H,10H2,1-2H3,(H,19,20)(H2,18,22,23). The number of rotatable bonds is 7. The largest absolute Gasteiger partial charge is 0.493 e. The predicted octanol–water partition coefficient (Wildman–Crippen LogP) is 1.15. The topological polar surface area (TPSA) is 134 Å². The highest BCUT2D eigenvalue weighted by Crippen LogP contribution is 2.27. The molecule has 0 aromatic heterocycles. The third-order valence-electron chi connectivity index (χ3n) is 3.42. The second kappa shape index (κ2) is 8.52. The Morgan fingerprint density at radius 2 is 1.63 bits per heavy atom. The number of carbonyl (C=O) groups is 2. The first-order valence-corrected chi connectivity index (χ1v) is 9.11. The molecule has 0 spiro atoms. The van der Waals surface area contributed by atoms with Crippen LogP contribution in [0.1, 0.15) is 10.4 Å². The third kappa shape index (κ3) is 5.43. The maximum Gasteiger partial charge on any atom is 0.338 e. The van der Waals surface area contributed by atoms with Crippen molar-refractivity contribution in [1.29, 1.82) is 0 Å². The van der Waals surface area contributed by atoms with Gasteiger partial charge in [-0.05, 0) is 42.5 Å². The lowest BCUT2D eigenvalue weighted by Gasteiger charge is -2.10. The van der Waals surface area contributed by atoms with Crippen LogP contribution in [-0.2, 0) is 19.6 Å². The van der Waals surface area contributed by atoms with Gasteiger partial charge >= 0.3 is 5.97 Å². The number of benzene rings is 2. The van der Waals surface area contributed by atoms with Gasteiger partial charge in [0.15, 0.2) is 18.1 Å². The summed E-state index contributed by atoms with van der Waals surface area (Å²) in [5, 5.41) is 7.47. The highest BCUT2D eigenvalue weighted by Gasteiger charge is 2.14.